The summed E-state index contributed by atoms with van der Waals surface area (Å²) in [5, 5.41) is 11.7. The van der Waals surface area contributed by atoms with Crippen LogP contribution in [0.2, 0.25) is 0 Å². The third-order valence-electron chi connectivity index (χ3n) is 3.87. The monoisotopic (exact) mass is 438 g/mol. The summed E-state index contributed by atoms with van der Waals surface area (Å²) >= 11 is 1.64. The number of para-hydroxylation sites is 1. The van der Waals surface area contributed by atoms with E-state index in [1.54, 1.807) is 30.5 Å². The van der Waals surface area contributed by atoms with Gasteiger partial charge < -0.3 is 9.73 Å². The number of nitrogens with one attached hydrogen (secondary N) is 1. The molecule has 154 valence electrons. The Morgan fingerprint density at radius 2 is 2.00 bits per heavy atom. The first-order valence-electron chi connectivity index (χ1n) is 8.86. The van der Waals surface area contributed by atoms with Crippen LogP contribution in [-0.4, -0.2) is 32.2 Å². The Labute approximate surface area is 175 Å². The summed E-state index contributed by atoms with van der Waals surface area (Å²) in [5.41, 5.74) is 0.364. The van der Waals surface area contributed by atoms with Gasteiger partial charge in [0.25, 0.3) is 5.76 Å². The second-order valence-corrected chi connectivity index (χ2v) is 8.35. The summed E-state index contributed by atoms with van der Waals surface area (Å²) in [5.74, 6) is -1.09. The lowest BCUT2D eigenvalue weighted by Crippen LogP contribution is -2.15. The summed E-state index contributed by atoms with van der Waals surface area (Å²) < 4.78 is 32.7. The Bertz CT molecular complexity index is 946. The maximum absolute atomic E-state index is 12.7. The highest BCUT2D eigenvalue weighted by Crippen LogP contribution is 2.32. The third kappa shape index (κ3) is 5.83. The zero-order valence-electron chi connectivity index (χ0n) is 15.8. The Morgan fingerprint density at radius 1 is 1.21 bits per heavy atom. The number of benzene rings is 1. The largest absolute Gasteiger partial charge is 0.467 e. The highest BCUT2D eigenvalue weighted by Gasteiger charge is 2.18. The molecule has 0 radical (unpaired) electrons. The molecule has 2 aromatic heterocycles. The Kier molecular flexibility index (Phi) is 7.32. The summed E-state index contributed by atoms with van der Waals surface area (Å²) in [6.45, 7) is 4.49. The predicted octanol–water partition coefficient (Wildman–Crippen LogP) is 5.09. The van der Waals surface area contributed by atoms with E-state index in [0.717, 1.165) is 11.6 Å². The third-order valence-corrected chi connectivity index (χ3v) is 5.62. The lowest BCUT2D eigenvalue weighted by Gasteiger charge is -2.12. The molecule has 0 saturated heterocycles. The quantitative estimate of drug-likeness (QED) is 0.469. The number of nitrogens with zero attached hydrogens (tertiary/aromatic N) is 3. The summed E-state index contributed by atoms with van der Waals surface area (Å²) in [7, 11) is 0. The van der Waals surface area contributed by atoms with Crippen molar-refractivity contribution in [3.63, 3.8) is 0 Å². The molecule has 10 heteroatoms. The van der Waals surface area contributed by atoms with Crippen LogP contribution in [0, 0.1) is 0 Å². The van der Waals surface area contributed by atoms with E-state index in [0.29, 0.717) is 34.0 Å². The van der Waals surface area contributed by atoms with Crippen molar-refractivity contribution in [2.24, 2.45) is 0 Å². The Balaban J connectivity index is 1.68. The van der Waals surface area contributed by atoms with Gasteiger partial charge in [-0.15, -0.1) is 10.2 Å². The molecule has 6 nitrogen and oxygen atoms in total. The number of carbonyl (C=O) groups excluding carboxylic acids is 1. The molecule has 0 aliphatic heterocycles. The number of hydrogen-bond acceptors (Lipinski definition) is 6. The fourth-order valence-electron chi connectivity index (χ4n) is 2.63. The van der Waals surface area contributed by atoms with Crippen LogP contribution in [0.15, 0.2) is 57.1 Å². The van der Waals surface area contributed by atoms with Crippen molar-refractivity contribution in [3.05, 3.63) is 54.2 Å². The van der Waals surface area contributed by atoms with Gasteiger partial charge in [0.15, 0.2) is 5.16 Å². The molecule has 2 heterocycles. The van der Waals surface area contributed by atoms with Crippen molar-refractivity contribution in [2.75, 3.05) is 11.1 Å². The van der Waals surface area contributed by atoms with Crippen molar-refractivity contribution < 1.29 is 18.0 Å². The molecule has 1 amide bonds. The van der Waals surface area contributed by atoms with Crippen LogP contribution >= 0.6 is 23.5 Å². The van der Waals surface area contributed by atoms with Gasteiger partial charge in [-0.2, -0.15) is 8.78 Å². The van der Waals surface area contributed by atoms with Crippen LogP contribution in [-0.2, 0) is 11.3 Å². The van der Waals surface area contributed by atoms with Crippen LogP contribution < -0.4 is 5.32 Å². The standard InChI is InChI=1S/C19H20F2N4O2S2/c1-12(2)17-23-24-19(25(17)10-13-6-5-9-27-13)28-11-16(26)22-14-7-3-4-8-15(14)29-18(20)21/h3-9,12,18H,10-11H2,1-2H3,(H,22,26). The number of halogens is 2. The SMILES string of the molecule is CC(C)c1nnc(SCC(=O)Nc2ccccc2SC(F)F)n1Cc1ccco1. The number of rotatable bonds is 9. The molecule has 0 spiro atoms. The number of furan rings is 1. The molecule has 0 unspecified atom stereocenters. The van der Waals surface area contributed by atoms with Crippen LogP contribution in [0.1, 0.15) is 31.4 Å². The molecule has 1 aromatic carbocycles. The number of aromatic nitrogens is 3. The predicted molar refractivity (Wildman–Crippen MR) is 110 cm³/mol. The van der Waals surface area contributed by atoms with Crippen LogP contribution in [0.25, 0.3) is 0 Å². The number of thioether (sulfide) groups is 2. The van der Waals surface area contributed by atoms with E-state index in [-0.39, 0.29) is 17.6 Å². The first-order valence-corrected chi connectivity index (χ1v) is 10.7. The summed E-state index contributed by atoms with van der Waals surface area (Å²) in [6, 6.07) is 10.2. The van der Waals surface area contributed by atoms with E-state index in [1.807, 2.05) is 30.5 Å². The van der Waals surface area contributed by atoms with Crippen molar-refractivity contribution >= 4 is 35.1 Å². The first kappa shape index (κ1) is 21.4. The molecule has 0 bridgehead atoms. The van der Waals surface area contributed by atoms with Gasteiger partial charge >= 0.3 is 0 Å². The van der Waals surface area contributed by atoms with E-state index >= 15 is 0 Å². The average Bonchev–Trinajstić information content (AvgIpc) is 3.31. The van der Waals surface area contributed by atoms with Crippen LogP contribution in [0.3, 0.4) is 0 Å². The molecule has 0 aliphatic carbocycles. The molecule has 1 N–H and O–H groups in total. The van der Waals surface area contributed by atoms with Gasteiger partial charge in [0.2, 0.25) is 5.91 Å². The molecule has 3 aromatic rings. The van der Waals surface area contributed by atoms with Gasteiger partial charge in [-0.1, -0.05) is 49.5 Å². The molecular formula is C19H20F2N4O2S2. The van der Waals surface area contributed by atoms with Crippen molar-refractivity contribution in [1.29, 1.82) is 0 Å². The molecule has 0 fully saturated rings. The minimum absolute atomic E-state index is 0.0715. The average molecular weight is 439 g/mol. The van der Waals surface area contributed by atoms with Gasteiger partial charge in [0, 0.05) is 10.8 Å². The van der Waals surface area contributed by atoms with Crippen molar-refractivity contribution in [2.45, 2.75) is 42.1 Å². The fraction of sp³-hybridized carbons (Fsp3) is 0.316. The number of carbonyl (C=O) groups is 1. The van der Waals surface area contributed by atoms with Gasteiger partial charge in [-0.3, -0.25) is 9.36 Å². The van der Waals surface area contributed by atoms with E-state index in [9.17, 15) is 13.6 Å². The molecule has 0 atom stereocenters. The fourth-order valence-corrected chi connectivity index (χ4v) is 3.97. The molecular weight excluding hydrogens is 418 g/mol. The molecule has 29 heavy (non-hydrogen) atoms. The minimum Gasteiger partial charge on any atom is -0.467 e. The van der Waals surface area contributed by atoms with Crippen LogP contribution in [0.5, 0.6) is 0 Å². The summed E-state index contributed by atoms with van der Waals surface area (Å²) in [6.07, 6.45) is 1.60. The normalized spacial score (nSPS) is 11.4. The van der Waals surface area contributed by atoms with Crippen molar-refractivity contribution in [1.82, 2.24) is 14.8 Å². The molecule has 0 saturated carbocycles. The van der Waals surface area contributed by atoms with Crippen LogP contribution in [0.4, 0.5) is 14.5 Å². The number of hydrogen-bond donors (Lipinski definition) is 1. The smallest absolute Gasteiger partial charge is 0.288 e. The first-order chi connectivity index (χ1) is 13.9. The highest BCUT2D eigenvalue weighted by molar-refractivity contribution is 8.00. The lowest BCUT2D eigenvalue weighted by atomic mass is 10.2. The lowest BCUT2D eigenvalue weighted by molar-refractivity contribution is -0.113. The summed E-state index contributed by atoms with van der Waals surface area (Å²) in [4.78, 5) is 12.7. The second kappa shape index (κ2) is 9.93. The Morgan fingerprint density at radius 3 is 2.69 bits per heavy atom. The van der Waals surface area contributed by atoms with Gasteiger partial charge in [0.1, 0.15) is 11.6 Å². The topological polar surface area (TPSA) is 73.0 Å². The number of amides is 1. The van der Waals surface area contributed by atoms with E-state index in [1.165, 1.54) is 11.8 Å². The maximum Gasteiger partial charge on any atom is 0.288 e. The number of alkyl halides is 2. The molecule has 3 rings (SSSR count). The van der Waals surface area contributed by atoms with Crippen molar-refractivity contribution in [3.8, 4) is 0 Å². The highest BCUT2D eigenvalue weighted by atomic mass is 32.2. The minimum atomic E-state index is -2.56. The maximum atomic E-state index is 12.7. The van der Waals surface area contributed by atoms with E-state index in [2.05, 4.69) is 15.5 Å². The van der Waals surface area contributed by atoms with E-state index in [4.69, 9.17) is 4.42 Å². The zero-order chi connectivity index (χ0) is 20.8. The van der Waals surface area contributed by atoms with Gasteiger partial charge in [-0.25, -0.2) is 0 Å². The zero-order valence-corrected chi connectivity index (χ0v) is 17.5. The molecule has 0 aliphatic rings. The second-order valence-electron chi connectivity index (χ2n) is 6.37. The van der Waals surface area contributed by atoms with E-state index < -0.39 is 5.76 Å². The van der Waals surface area contributed by atoms with Gasteiger partial charge in [-0.05, 0) is 24.3 Å². The Hall–Kier alpha value is -2.33. The van der Waals surface area contributed by atoms with Gasteiger partial charge in [0.05, 0.1) is 24.2 Å². The number of anilines is 1.